The van der Waals surface area contributed by atoms with Crippen molar-refractivity contribution in [3.05, 3.63) is 23.3 Å². The summed E-state index contributed by atoms with van der Waals surface area (Å²) >= 11 is 0. The fourth-order valence-corrected chi connectivity index (χ4v) is 3.54. The lowest BCUT2D eigenvalue weighted by molar-refractivity contribution is 0.265. The van der Waals surface area contributed by atoms with Crippen molar-refractivity contribution >= 4 is 15.7 Å². The zero-order valence-corrected chi connectivity index (χ0v) is 12.4. The molecular weight excluding hydrogens is 264 g/mol. The summed E-state index contributed by atoms with van der Waals surface area (Å²) in [5.74, 6) is 0. The van der Waals surface area contributed by atoms with Gasteiger partial charge in [-0.25, -0.2) is 13.1 Å². The molecule has 0 aromatic heterocycles. The predicted octanol–water partition coefficient (Wildman–Crippen LogP) is 1.05. The Bertz CT molecular complexity index is 541. The van der Waals surface area contributed by atoms with Gasteiger partial charge < -0.3 is 10.8 Å². The number of sulfonamides is 1. The van der Waals surface area contributed by atoms with Gasteiger partial charge in [-0.1, -0.05) is 13.8 Å². The Morgan fingerprint density at radius 3 is 2.42 bits per heavy atom. The molecular formula is C13H22N2O3S. The predicted molar refractivity (Wildman–Crippen MR) is 76.5 cm³/mol. The zero-order chi connectivity index (χ0) is 14.6. The van der Waals surface area contributed by atoms with Crippen LogP contribution >= 0.6 is 0 Å². The summed E-state index contributed by atoms with van der Waals surface area (Å²) in [7, 11) is -3.66. The van der Waals surface area contributed by atoms with Crippen LogP contribution in [0.5, 0.6) is 0 Å². The topological polar surface area (TPSA) is 92.4 Å². The van der Waals surface area contributed by atoms with E-state index in [2.05, 4.69) is 4.72 Å². The van der Waals surface area contributed by atoms with E-state index in [1.54, 1.807) is 13.0 Å². The Kier molecular flexibility index (Phi) is 5.34. The fraction of sp³-hybridized carbons (Fsp3) is 0.538. The van der Waals surface area contributed by atoms with E-state index in [1.165, 1.54) is 0 Å². The molecule has 1 aromatic carbocycles. The molecule has 0 bridgehead atoms. The Hall–Kier alpha value is -1.11. The number of nitrogens with two attached hydrogens (primary N) is 1. The second-order valence-electron chi connectivity index (χ2n) is 4.57. The highest BCUT2D eigenvalue weighted by molar-refractivity contribution is 7.89. The monoisotopic (exact) mass is 286 g/mol. The van der Waals surface area contributed by atoms with Crippen molar-refractivity contribution in [2.24, 2.45) is 0 Å². The maximum atomic E-state index is 12.3. The number of aliphatic hydroxyl groups is 1. The molecule has 0 aliphatic heterocycles. The molecule has 5 nitrogen and oxygen atoms in total. The van der Waals surface area contributed by atoms with Crippen LogP contribution in [-0.4, -0.2) is 26.2 Å². The van der Waals surface area contributed by atoms with Gasteiger partial charge in [-0.05, 0) is 43.0 Å². The van der Waals surface area contributed by atoms with Gasteiger partial charge in [0.15, 0.2) is 0 Å². The number of nitrogen functional groups attached to an aromatic ring is 1. The number of anilines is 1. The summed E-state index contributed by atoms with van der Waals surface area (Å²) in [4.78, 5) is 0.215. The third kappa shape index (κ3) is 3.68. The highest BCUT2D eigenvalue weighted by Crippen LogP contribution is 2.25. The van der Waals surface area contributed by atoms with Crippen LogP contribution in [0.3, 0.4) is 0 Å². The lowest BCUT2D eigenvalue weighted by Crippen LogP contribution is -2.35. The van der Waals surface area contributed by atoms with Crippen molar-refractivity contribution < 1.29 is 13.5 Å². The molecule has 0 saturated carbocycles. The van der Waals surface area contributed by atoms with Gasteiger partial charge in [0.25, 0.3) is 0 Å². The number of hydrogen-bond acceptors (Lipinski definition) is 4. The first-order valence-electron chi connectivity index (χ1n) is 6.40. The molecule has 1 aromatic rings. The first-order valence-corrected chi connectivity index (χ1v) is 7.88. The third-order valence-electron chi connectivity index (χ3n) is 2.98. The number of rotatable bonds is 6. The molecule has 0 unspecified atom stereocenters. The van der Waals surface area contributed by atoms with Crippen LogP contribution < -0.4 is 10.5 Å². The molecule has 0 heterocycles. The minimum Gasteiger partial charge on any atom is -0.398 e. The maximum Gasteiger partial charge on any atom is 0.241 e. The molecule has 0 radical (unpaired) electrons. The second-order valence-corrected chi connectivity index (χ2v) is 6.26. The third-order valence-corrected chi connectivity index (χ3v) is 4.64. The summed E-state index contributed by atoms with van der Waals surface area (Å²) in [5.41, 5.74) is 7.93. The SMILES string of the molecule is CCc1cc(N)c(CC)c(S(=O)(=O)N[C@H](C)CO)c1. The summed E-state index contributed by atoms with van der Waals surface area (Å²) in [5, 5.41) is 8.98. The van der Waals surface area contributed by atoms with E-state index >= 15 is 0 Å². The maximum absolute atomic E-state index is 12.3. The number of nitrogens with one attached hydrogen (secondary N) is 1. The molecule has 108 valence electrons. The second kappa shape index (κ2) is 6.36. The van der Waals surface area contributed by atoms with E-state index in [4.69, 9.17) is 10.8 Å². The van der Waals surface area contributed by atoms with Crippen LogP contribution in [0, 0.1) is 0 Å². The molecule has 1 rings (SSSR count). The Morgan fingerprint density at radius 1 is 1.32 bits per heavy atom. The number of benzene rings is 1. The highest BCUT2D eigenvalue weighted by atomic mass is 32.2. The van der Waals surface area contributed by atoms with Gasteiger partial charge in [0.2, 0.25) is 10.0 Å². The smallest absolute Gasteiger partial charge is 0.241 e. The van der Waals surface area contributed by atoms with E-state index in [-0.39, 0.29) is 11.5 Å². The molecule has 0 spiro atoms. The van der Waals surface area contributed by atoms with Crippen molar-refractivity contribution in [1.29, 1.82) is 0 Å². The molecule has 0 fully saturated rings. The molecule has 0 amide bonds. The average molecular weight is 286 g/mol. The summed E-state index contributed by atoms with van der Waals surface area (Å²) in [6, 6.07) is 2.94. The van der Waals surface area contributed by atoms with Gasteiger partial charge in [0.1, 0.15) is 0 Å². The number of aliphatic hydroxyl groups excluding tert-OH is 1. The largest absolute Gasteiger partial charge is 0.398 e. The Labute approximate surface area is 114 Å². The van der Waals surface area contributed by atoms with Gasteiger partial charge in [-0.2, -0.15) is 0 Å². The van der Waals surface area contributed by atoms with Gasteiger partial charge >= 0.3 is 0 Å². The Morgan fingerprint density at radius 2 is 1.95 bits per heavy atom. The van der Waals surface area contributed by atoms with Crippen molar-refractivity contribution in [1.82, 2.24) is 4.72 Å². The van der Waals surface area contributed by atoms with Gasteiger partial charge in [0.05, 0.1) is 11.5 Å². The fourth-order valence-electron chi connectivity index (χ4n) is 1.91. The summed E-state index contributed by atoms with van der Waals surface area (Å²) < 4.78 is 27.1. The minimum absolute atomic E-state index is 0.215. The quantitative estimate of drug-likeness (QED) is 0.682. The van der Waals surface area contributed by atoms with Crippen molar-refractivity contribution in [2.75, 3.05) is 12.3 Å². The molecule has 0 aliphatic carbocycles. The van der Waals surface area contributed by atoms with Crippen molar-refractivity contribution in [3.8, 4) is 0 Å². The van der Waals surface area contributed by atoms with E-state index in [9.17, 15) is 8.42 Å². The van der Waals surface area contributed by atoms with E-state index in [0.717, 1.165) is 5.56 Å². The van der Waals surface area contributed by atoms with Crippen molar-refractivity contribution in [2.45, 2.75) is 44.6 Å². The van der Waals surface area contributed by atoms with E-state index in [1.807, 2.05) is 19.9 Å². The lowest BCUT2D eigenvalue weighted by Gasteiger charge is -2.16. The lowest BCUT2D eigenvalue weighted by atomic mass is 10.1. The first kappa shape index (κ1) is 15.9. The standard InChI is InChI=1S/C13H22N2O3S/c1-4-10-6-12(14)11(5-2)13(7-10)19(17,18)15-9(3)8-16/h6-7,9,15-16H,4-5,8,14H2,1-3H3/t9-/m1/s1. The van der Waals surface area contributed by atoms with E-state index in [0.29, 0.717) is 24.1 Å². The van der Waals surface area contributed by atoms with E-state index < -0.39 is 16.1 Å². The van der Waals surface area contributed by atoms with Crippen LogP contribution in [0.25, 0.3) is 0 Å². The first-order chi connectivity index (χ1) is 8.85. The normalized spacial score (nSPS) is 13.5. The highest BCUT2D eigenvalue weighted by Gasteiger charge is 2.22. The molecule has 4 N–H and O–H groups in total. The van der Waals surface area contributed by atoms with Gasteiger partial charge in [-0.15, -0.1) is 0 Å². The van der Waals surface area contributed by atoms with Crippen LogP contribution in [0.4, 0.5) is 5.69 Å². The number of hydrogen-bond donors (Lipinski definition) is 3. The average Bonchev–Trinajstić information content (AvgIpc) is 2.36. The van der Waals surface area contributed by atoms with Crippen LogP contribution in [-0.2, 0) is 22.9 Å². The van der Waals surface area contributed by atoms with Crippen LogP contribution in [0.2, 0.25) is 0 Å². The van der Waals surface area contributed by atoms with Crippen LogP contribution in [0.15, 0.2) is 17.0 Å². The number of aryl methyl sites for hydroxylation is 1. The zero-order valence-electron chi connectivity index (χ0n) is 11.6. The summed E-state index contributed by atoms with van der Waals surface area (Å²) in [6.45, 7) is 5.17. The van der Waals surface area contributed by atoms with Crippen molar-refractivity contribution in [3.63, 3.8) is 0 Å². The summed E-state index contributed by atoms with van der Waals surface area (Å²) in [6.07, 6.45) is 1.26. The molecule has 0 saturated heterocycles. The Balaban J connectivity index is 3.35. The molecule has 1 atom stereocenters. The van der Waals surface area contributed by atoms with Gasteiger partial charge in [0, 0.05) is 11.7 Å². The molecule has 6 heteroatoms. The van der Waals surface area contributed by atoms with Gasteiger partial charge in [-0.3, -0.25) is 0 Å². The minimum atomic E-state index is -3.66. The van der Waals surface area contributed by atoms with Crippen LogP contribution in [0.1, 0.15) is 31.9 Å². The molecule has 0 aliphatic rings. The molecule has 19 heavy (non-hydrogen) atoms.